The van der Waals surface area contributed by atoms with Crippen LogP contribution < -0.4 is 0 Å². The molecule has 1 aromatic heterocycles. The lowest BCUT2D eigenvalue weighted by atomic mass is 10.0. The van der Waals surface area contributed by atoms with Crippen molar-refractivity contribution in [2.24, 2.45) is 5.92 Å². The molecule has 1 amide bonds. The lowest BCUT2D eigenvalue weighted by molar-refractivity contribution is 0.0351. The van der Waals surface area contributed by atoms with Crippen LogP contribution in [0.1, 0.15) is 42.9 Å². The van der Waals surface area contributed by atoms with Crippen LogP contribution in [0, 0.1) is 5.92 Å². The van der Waals surface area contributed by atoms with Crippen molar-refractivity contribution in [1.82, 2.24) is 14.7 Å². The van der Waals surface area contributed by atoms with Crippen LogP contribution >= 0.6 is 0 Å². The number of likely N-dealkylation sites (tertiary alicyclic amines) is 1. The molecule has 0 bridgehead atoms. The Bertz CT molecular complexity index is 433. The number of amides is 1. The van der Waals surface area contributed by atoms with E-state index in [0.717, 1.165) is 5.69 Å². The summed E-state index contributed by atoms with van der Waals surface area (Å²) in [5.41, 5.74) is 1.62. The normalized spacial score (nSPS) is 16.2. The summed E-state index contributed by atoms with van der Waals surface area (Å²) in [5, 5.41) is 13.4. The number of carbonyl (C=O) groups is 1. The summed E-state index contributed by atoms with van der Waals surface area (Å²) >= 11 is 0. The Morgan fingerprint density at radius 2 is 2.22 bits per heavy atom. The van der Waals surface area contributed by atoms with Gasteiger partial charge in [0.05, 0.1) is 5.69 Å². The largest absolute Gasteiger partial charge is 0.396 e. The number of hydrogen-bond acceptors (Lipinski definition) is 3. The van der Waals surface area contributed by atoms with Gasteiger partial charge in [0.2, 0.25) is 0 Å². The topological polar surface area (TPSA) is 58.4 Å². The van der Waals surface area contributed by atoms with Gasteiger partial charge in [-0.25, -0.2) is 0 Å². The SMILES string of the molecule is CCn1nc(C(C)C)cc1C(=O)N1CC(CO)C1. The molecule has 0 atom stereocenters. The minimum atomic E-state index is 0.0287. The molecule has 1 aliphatic rings. The van der Waals surface area contributed by atoms with Gasteiger partial charge >= 0.3 is 0 Å². The number of aliphatic hydroxyl groups excluding tert-OH is 1. The van der Waals surface area contributed by atoms with E-state index < -0.39 is 0 Å². The molecule has 5 heteroatoms. The van der Waals surface area contributed by atoms with Crippen molar-refractivity contribution < 1.29 is 9.90 Å². The minimum Gasteiger partial charge on any atom is -0.396 e. The Morgan fingerprint density at radius 1 is 1.56 bits per heavy atom. The van der Waals surface area contributed by atoms with Gasteiger partial charge in [-0.15, -0.1) is 0 Å². The molecule has 0 aliphatic carbocycles. The number of aromatic nitrogens is 2. The highest BCUT2D eigenvalue weighted by molar-refractivity contribution is 5.93. The second kappa shape index (κ2) is 5.10. The molecule has 5 nitrogen and oxygen atoms in total. The van der Waals surface area contributed by atoms with Gasteiger partial charge < -0.3 is 10.0 Å². The Morgan fingerprint density at radius 3 is 2.72 bits per heavy atom. The first-order chi connectivity index (χ1) is 8.56. The number of carbonyl (C=O) groups excluding carboxylic acids is 1. The first kappa shape index (κ1) is 13.1. The molecule has 1 fully saturated rings. The third-order valence-electron chi connectivity index (χ3n) is 3.41. The summed E-state index contributed by atoms with van der Waals surface area (Å²) in [4.78, 5) is 14.1. The Hall–Kier alpha value is -1.36. The van der Waals surface area contributed by atoms with Crippen molar-refractivity contribution in [2.45, 2.75) is 33.2 Å². The smallest absolute Gasteiger partial charge is 0.272 e. The maximum absolute atomic E-state index is 12.3. The molecule has 0 unspecified atom stereocenters. The zero-order valence-corrected chi connectivity index (χ0v) is 11.3. The summed E-state index contributed by atoms with van der Waals surface area (Å²) < 4.78 is 1.77. The molecule has 1 aromatic rings. The van der Waals surface area contributed by atoms with Crippen molar-refractivity contribution in [1.29, 1.82) is 0 Å². The maximum Gasteiger partial charge on any atom is 0.272 e. The van der Waals surface area contributed by atoms with Crippen molar-refractivity contribution in [2.75, 3.05) is 19.7 Å². The number of rotatable bonds is 4. The van der Waals surface area contributed by atoms with E-state index in [0.29, 0.717) is 31.2 Å². The third kappa shape index (κ3) is 2.27. The molecule has 1 N–H and O–H groups in total. The zero-order valence-electron chi connectivity index (χ0n) is 11.3. The molecule has 2 rings (SSSR count). The van der Waals surface area contributed by atoms with E-state index in [1.165, 1.54) is 0 Å². The molecule has 0 radical (unpaired) electrons. The van der Waals surface area contributed by atoms with Gasteiger partial charge in [0.25, 0.3) is 5.91 Å². The van der Waals surface area contributed by atoms with E-state index in [4.69, 9.17) is 5.11 Å². The first-order valence-corrected chi connectivity index (χ1v) is 6.54. The van der Waals surface area contributed by atoms with E-state index in [1.807, 2.05) is 13.0 Å². The number of hydrogen-bond donors (Lipinski definition) is 1. The van der Waals surface area contributed by atoms with Gasteiger partial charge in [0.1, 0.15) is 5.69 Å². The van der Waals surface area contributed by atoms with Crippen LogP contribution in [0.3, 0.4) is 0 Å². The average molecular weight is 251 g/mol. The highest BCUT2D eigenvalue weighted by Crippen LogP contribution is 2.21. The molecule has 18 heavy (non-hydrogen) atoms. The van der Waals surface area contributed by atoms with Crippen molar-refractivity contribution in [3.05, 3.63) is 17.5 Å². The summed E-state index contributed by atoms with van der Waals surface area (Å²) in [5.74, 6) is 0.600. The van der Waals surface area contributed by atoms with Gasteiger partial charge in [0.15, 0.2) is 0 Å². The fourth-order valence-electron chi connectivity index (χ4n) is 2.15. The monoisotopic (exact) mass is 251 g/mol. The van der Waals surface area contributed by atoms with Crippen molar-refractivity contribution >= 4 is 5.91 Å². The summed E-state index contributed by atoms with van der Waals surface area (Å²) in [7, 11) is 0. The average Bonchev–Trinajstić information content (AvgIpc) is 2.71. The predicted octanol–water partition coefficient (Wildman–Crippen LogP) is 1.09. The maximum atomic E-state index is 12.3. The van der Waals surface area contributed by atoms with Crippen LogP contribution in [0.25, 0.3) is 0 Å². The first-order valence-electron chi connectivity index (χ1n) is 6.54. The third-order valence-corrected chi connectivity index (χ3v) is 3.41. The minimum absolute atomic E-state index is 0.0287. The molecule has 2 heterocycles. The van der Waals surface area contributed by atoms with E-state index >= 15 is 0 Å². The standard InChI is InChI=1S/C13H21N3O2/c1-4-16-12(5-11(14-16)9(2)3)13(18)15-6-10(7-15)8-17/h5,9-10,17H,4,6-8H2,1-3H3. The molecule has 1 saturated heterocycles. The van der Waals surface area contributed by atoms with Crippen LogP contribution in [0.2, 0.25) is 0 Å². The Kier molecular flexibility index (Phi) is 3.71. The second-order valence-corrected chi connectivity index (χ2v) is 5.18. The molecular formula is C13H21N3O2. The molecular weight excluding hydrogens is 230 g/mol. The van der Waals surface area contributed by atoms with Gasteiger partial charge in [-0.3, -0.25) is 9.48 Å². The van der Waals surface area contributed by atoms with Gasteiger partial charge in [0, 0.05) is 32.2 Å². The zero-order chi connectivity index (χ0) is 13.3. The molecule has 0 aromatic carbocycles. The number of aliphatic hydroxyl groups is 1. The van der Waals surface area contributed by atoms with Crippen molar-refractivity contribution in [3.63, 3.8) is 0 Å². The Labute approximate surface area is 107 Å². The molecule has 1 aliphatic heterocycles. The molecule has 0 saturated carbocycles. The van der Waals surface area contributed by atoms with Crippen LogP contribution in [0.4, 0.5) is 0 Å². The highest BCUT2D eigenvalue weighted by atomic mass is 16.3. The number of aryl methyl sites for hydroxylation is 1. The highest BCUT2D eigenvalue weighted by Gasteiger charge is 2.32. The lowest BCUT2D eigenvalue weighted by Crippen LogP contribution is -2.51. The summed E-state index contributed by atoms with van der Waals surface area (Å²) in [6, 6.07) is 1.89. The van der Waals surface area contributed by atoms with Crippen LogP contribution in [0.5, 0.6) is 0 Å². The van der Waals surface area contributed by atoms with Gasteiger partial charge in [-0.1, -0.05) is 13.8 Å². The fraction of sp³-hybridized carbons (Fsp3) is 0.692. The Balaban J connectivity index is 2.15. The predicted molar refractivity (Wildman–Crippen MR) is 68.5 cm³/mol. The molecule has 100 valence electrons. The quantitative estimate of drug-likeness (QED) is 0.871. The van der Waals surface area contributed by atoms with E-state index in [2.05, 4.69) is 18.9 Å². The molecule has 0 spiro atoms. The summed E-state index contributed by atoms with van der Waals surface area (Å²) in [6.45, 7) is 8.30. The van der Waals surface area contributed by atoms with Crippen LogP contribution in [0.15, 0.2) is 6.07 Å². The van der Waals surface area contributed by atoms with E-state index in [-0.39, 0.29) is 18.4 Å². The second-order valence-electron chi connectivity index (χ2n) is 5.18. The fourth-order valence-corrected chi connectivity index (χ4v) is 2.15. The van der Waals surface area contributed by atoms with Crippen molar-refractivity contribution in [3.8, 4) is 0 Å². The van der Waals surface area contributed by atoms with E-state index in [9.17, 15) is 4.79 Å². The van der Waals surface area contributed by atoms with Gasteiger partial charge in [-0.05, 0) is 18.9 Å². The number of nitrogens with zero attached hydrogens (tertiary/aromatic N) is 3. The lowest BCUT2D eigenvalue weighted by Gasteiger charge is -2.38. The van der Waals surface area contributed by atoms with Crippen LogP contribution in [-0.2, 0) is 6.54 Å². The van der Waals surface area contributed by atoms with Crippen LogP contribution in [-0.4, -0.2) is 45.4 Å². The van der Waals surface area contributed by atoms with Gasteiger partial charge in [-0.2, -0.15) is 5.10 Å². The van der Waals surface area contributed by atoms with E-state index in [1.54, 1.807) is 9.58 Å². The summed E-state index contributed by atoms with van der Waals surface area (Å²) in [6.07, 6.45) is 0.